The lowest BCUT2D eigenvalue weighted by molar-refractivity contribution is -0.264. The van der Waals surface area contributed by atoms with Crippen molar-refractivity contribution in [1.82, 2.24) is 0 Å². The van der Waals surface area contributed by atoms with Crippen LogP contribution >= 0.6 is 8.17 Å². The molecule has 4 nitrogen and oxygen atoms in total. The predicted molar refractivity (Wildman–Crippen MR) is 64.0 cm³/mol. The summed E-state index contributed by atoms with van der Waals surface area (Å²) in [6.45, 7) is 4.12. The van der Waals surface area contributed by atoms with E-state index in [4.69, 9.17) is 13.6 Å². The van der Waals surface area contributed by atoms with Crippen LogP contribution in [0.25, 0.3) is 0 Å². The highest BCUT2D eigenvalue weighted by Gasteiger charge is 2.41. The molecule has 1 aromatic rings. The Bertz CT molecular complexity index is 359. The van der Waals surface area contributed by atoms with Crippen LogP contribution in [0.5, 0.6) is 0 Å². The number of phosphoric acid groups is 1. The second-order valence-electron chi connectivity index (χ2n) is 4.14. The van der Waals surface area contributed by atoms with Gasteiger partial charge in [0.1, 0.15) is 12.2 Å². The van der Waals surface area contributed by atoms with Crippen LogP contribution in [-0.4, -0.2) is 12.7 Å². The van der Waals surface area contributed by atoms with Gasteiger partial charge < -0.3 is 4.89 Å². The molecular formula is C12H17O4P. The van der Waals surface area contributed by atoms with Gasteiger partial charge in [0.25, 0.3) is 0 Å². The van der Waals surface area contributed by atoms with Gasteiger partial charge in [-0.15, -0.1) is 0 Å². The highest BCUT2D eigenvalue weighted by Crippen LogP contribution is 2.59. The van der Waals surface area contributed by atoms with Gasteiger partial charge in [0, 0.05) is 6.42 Å². The molecule has 1 aliphatic rings. The fraction of sp³-hybridized carbons (Fsp3) is 0.500. The summed E-state index contributed by atoms with van der Waals surface area (Å²) >= 11 is 0. The van der Waals surface area contributed by atoms with E-state index in [-0.39, 0.29) is 12.2 Å². The van der Waals surface area contributed by atoms with Gasteiger partial charge in [-0.25, -0.2) is 0 Å². The molecule has 3 atom stereocenters. The maximum absolute atomic E-state index is 12.2. The fourth-order valence-corrected chi connectivity index (χ4v) is 3.22. The molecule has 0 amide bonds. The maximum Gasteiger partial charge on any atom is 0.380 e. The average molecular weight is 256 g/mol. The summed E-state index contributed by atoms with van der Waals surface area (Å²) in [6, 6.07) is 9.59. The quantitative estimate of drug-likeness (QED) is 0.780. The molecule has 1 aromatic carbocycles. The lowest BCUT2D eigenvalue weighted by Gasteiger charge is -2.33. The number of hydrogen-bond donors (Lipinski definition) is 0. The molecule has 1 heterocycles. The van der Waals surface area contributed by atoms with Crippen molar-refractivity contribution >= 4 is 8.17 Å². The van der Waals surface area contributed by atoms with E-state index in [2.05, 4.69) is 0 Å². The first kappa shape index (κ1) is 12.9. The maximum atomic E-state index is 12.2. The molecule has 0 spiro atoms. The molecule has 0 bridgehead atoms. The number of benzene rings is 1. The minimum atomic E-state index is -3.39. The largest absolute Gasteiger partial charge is 0.606 e. The Hall–Kier alpha value is -0.510. The van der Waals surface area contributed by atoms with Gasteiger partial charge in [0.05, 0.1) is 6.61 Å². The summed E-state index contributed by atoms with van der Waals surface area (Å²) in [5.41, 5.74) is 0.952. The van der Waals surface area contributed by atoms with Crippen molar-refractivity contribution in [3.8, 4) is 0 Å². The Labute approximate surface area is 102 Å². The van der Waals surface area contributed by atoms with Crippen LogP contribution in [0, 0.1) is 0 Å². The molecule has 1 fully saturated rings. The number of rotatable bonds is 3. The highest BCUT2D eigenvalue weighted by atomic mass is 31.2. The van der Waals surface area contributed by atoms with Crippen molar-refractivity contribution < 1.29 is 18.5 Å². The zero-order chi connectivity index (χ0) is 12.3. The van der Waals surface area contributed by atoms with Crippen molar-refractivity contribution in [2.75, 3.05) is 6.61 Å². The van der Waals surface area contributed by atoms with Gasteiger partial charge >= 0.3 is 8.17 Å². The number of hydrogen-bond acceptors (Lipinski definition) is 4. The third-order valence-corrected chi connectivity index (χ3v) is 4.33. The van der Waals surface area contributed by atoms with Crippen molar-refractivity contribution in [2.45, 2.75) is 32.5 Å². The third kappa shape index (κ3) is 3.47. The summed E-state index contributed by atoms with van der Waals surface area (Å²) in [6.07, 6.45) is 0.345. The Morgan fingerprint density at radius 2 is 2.12 bits per heavy atom. The van der Waals surface area contributed by atoms with Crippen LogP contribution in [0.4, 0.5) is 0 Å². The molecular weight excluding hydrogens is 239 g/mol. The van der Waals surface area contributed by atoms with Gasteiger partial charge in [0.2, 0.25) is 0 Å². The van der Waals surface area contributed by atoms with E-state index < -0.39 is 8.17 Å². The third-order valence-electron chi connectivity index (χ3n) is 2.64. The van der Waals surface area contributed by atoms with Crippen LogP contribution < -0.4 is 4.89 Å². The van der Waals surface area contributed by atoms with Crippen LogP contribution in [0.3, 0.4) is 0 Å². The van der Waals surface area contributed by atoms with Crippen LogP contribution in [0.1, 0.15) is 31.9 Å². The molecule has 17 heavy (non-hydrogen) atoms. The van der Waals surface area contributed by atoms with Crippen LogP contribution in [0.15, 0.2) is 30.3 Å². The van der Waals surface area contributed by atoms with Gasteiger partial charge in [-0.05, 0) is 19.4 Å². The molecule has 94 valence electrons. The molecule has 2 rings (SSSR count). The van der Waals surface area contributed by atoms with Gasteiger partial charge in [-0.1, -0.05) is 30.3 Å². The Morgan fingerprint density at radius 3 is 2.76 bits per heavy atom. The van der Waals surface area contributed by atoms with E-state index in [1.807, 2.05) is 44.2 Å². The Balaban J connectivity index is 2.00. The number of phosphoric ester groups is 1. The first-order valence-electron chi connectivity index (χ1n) is 5.75. The Kier molecular flexibility index (Phi) is 4.13. The SMILES string of the molecule is CC1CCO[P+]([O-])(O[C@H](C)c2ccccc2)O1. The lowest BCUT2D eigenvalue weighted by Crippen LogP contribution is -2.29. The standard InChI is InChI=1S/C12H17O4P/c1-10-8-9-14-17(13,15-10)16-11(2)12-6-4-3-5-7-12/h3-7,10-11H,8-9H2,1-2H3/t10?,11-,17?/m1/s1. The minimum Gasteiger partial charge on any atom is -0.606 e. The van der Waals surface area contributed by atoms with Gasteiger partial charge in [0.15, 0.2) is 0 Å². The second kappa shape index (κ2) is 5.42. The predicted octanol–water partition coefficient (Wildman–Crippen LogP) is 2.63. The van der Waals surface area contributed by atoms with E-state index in [1.165, 1.54) is 0 Å². The van der Waals surface area contributed by atoms with Crippen LogP contribution in [-0.2, 0) is 13.6 Å². The Morgan fingerprint density at radius 1 is 1.41 bits per heavy atom. The summed E-state index contributed by atoms with van der Waals surface area (Å²) in [4.78, 5) is 12.2. The van der Waals surface area contributed by atoms with E-state index in [9.17, 15) is 4.89 Å². The average Bonchev–Trinajstić information content (AvgIpc) is 2.29. The second-order valence-corrected chi connectivity index (χ2v) is 5.72. The molecule has 1 saturated heterocycles. The molecule has 1 aliphatic heterocycles. The summed E-state index contributed by atoms with van der Waals surface area (Å²) in [7, 11) is -3.39. The lowest BCUT2D eigenvalue weighted by atomic mass is 10.1. The zero-order valence-electron chi connectivity index (χ0n) is 10.0. The molecule has 5 heteroatoms. The normalized spacial score (nSPS) is 31.1. The van der Waals surface area contributed by atoms with Crippen molar-refractivity contribution in [3.63, 3.8) is 0 Å². The minimum absolute atomic E-state index is 0.0856. The van der Waals surface area contributed by atoms with Gasteiger partial charge in [-0.3, -0.25) is 0 Å². The molecule has 0 aromatic heterocycles. The topological polar surface area (TPSA) is 50.8 Å². The van der Waals surface area contributed by atoms with E-state index in [1.54, 1.807) is 0 Å². The zero-order valence-corrected chi connectivity index (χ0v) is 10.9. The first-order valence-corrected chi connectivity index (χ1v) is 7.21. The van der Waals surface area contributed by atoms with E-state index >= 15 is 0 Å². The molecule has 2 unspecified atom stereocenters. The summed E-state index contributed by atoms with van der Waals surface area (Å²) < 4.78 is 15.9. The van der Waals surface area contributed by atoms with Crippen molar-refractivity contribution in [1.29, 1.82) is 0 Å². The van der Waals surface area contributed by atoms with Crippen molar-refractivity contribution in [2.24, 2.45) is 0 Å². The monoisotopic (exact) mass is 256 g/mol. The highest BCUT2D eigenvalue weighted by molar-refractivity contribution is 7.54. The van der Waals surface area contributed by atoms with Gasteiger partial charge in [-0.2, -0.15) is 13.6 Å². The van der Waals surface area contributed by atoms with Crippen molar-refractivity contribution in [3.05, 3.63) is 35.9 Å². The molecule has 0 N–H and O–H groups in total. The van der Waals surface area contributed by atoms with E-state index in [0.29, 0.717) is 6.61 Å². The first-order chi connectivity index (χ1) is 8.09. The summed E-state index contributed by atoms with van der Waals surface area (Å²) in [5.74, 6) is 0. The fourth-order valence-electron chi connectivity index (χ4n) is 1.67. The smallest absolute Gasteiger partial charge is 0.380 e. The molecule has 0 aliphatic carbocycles. The molecule has 0 saturated carbocycles. The van der Waals surface area contributed by atoms with Crippen LogP contribution in [0.2, 0.25) is 0 Å². The molecule has 0 radical (unpaired) electrons. The van der Waals surface area contributed by atoms with E-state index in [0.717, 1.165) is 12.0 Å². The summed E-state index contributed by atoms with van der Waals surface area (Å²) in [5, 5.41) is 0.